The minimum Gasteiger partial charge on any atom is -0.309 e. The van der Waals surface area contributed by atoms with Gasteiger partial charge in [0.2, 0.25) is 15.9 Å². The third-order valence-electron chi connectivity index (χ3n) is 5.73. The summed E-state index contributed by atoms with van der Waals surface area (Å²) in [6.07, 6.45) is 0. The Kier molecular flexibility index (Phi) is 8.29. The number of halogens is 1. The molecule has 0 bridgehead atoms. The van der Waals surface area contributed by atoms with E-state index in [1.165, 1.54) is 50.1 Å². The molecule has 3 aromatic carbocycles. The quantitative estimate of drug-likeness (QED) is 0.275. The van der Waals surface area contributed by atoms with E-state index < -0.39 is 15.8 Å². The summed E-state index contributed by atoms with van der Waals surface area (Å²) in [5, 5.41) is 9.07. The van der Waals surface area contributed by atoms with Gasteiger partial charge in [0.15, 0.2) is 11.0 Å². The zero-order valence-electron chi connectivity index (χ0n) is 21.4. The number of anilines is 1. The standard InChI is InChI=1S/C27H28FN5O3S2/c1-19(2)32(22-10-6-5-7-11-22)25(34)18-37-27-30-29-26(33(27)23-15-13-21(28)14-16-23)20-9-8-12-24(17-20)38(35,36)31(3)4/h5-17,19H,18H2,1-4H3. The number of sulfonamides is 1. The highest BCUT2D eigenvalue weighted by Crippen LogP contribution is 2.30. The smallest absolute Gasteiger partial charge is 0.242 e. The predicted molar refractivity (Wildman–Crippen MR) is 147 cm³/mol. The Hall–Kier alpha value is -3.54. The first-order valence-corrected chi connectivity index (χ1v) is 14.3. The number of carbonyl (C=O) groups excluding carboxylic acids is 1. The Morgan fingerprint density at radius 2 is 1.66 bits per heavy atom. The van der Waals surface area contributed by atoms with Gasteiger partial charge in [-0.05, 0) is 62.4 Å². The molecule has 1 amide bonds. The summed E-state index contributed by atoms with van der Waals surface area (Å²) in [5.41, 5.74) is 1.88. The lowest BCUT2D eigenvalue weighted by molar-refractivity contribution is -0.116. The number of hydrogen-bond acceptors (Lipinski definition) is 6. The molecule has 0 saturated heterocycles. The van der Waals surface area contributed by atoms with Gasteiger partial charge in [-0.25, -0.2) is 17.1 Å². The predicted octanol–water partition coefficient (Wildman–Crippen LogP) is 4.86. The molecule has 198 valence electrons. The van der Waals surface area contributed by atoms with Gasteiger partial charge in [-0.15, -0.1) is 10.2 Å². The van der Waals surface area contributed by atoms with Crippen LogP contribution in [-0.4, -0.2) is 59.3 Å². The molecule has 0 saturated carbocycles. The largest absolute Gasteiger partial charge is 0.309 e. The molecule has 0 N–H and O–H groups in total. The fraction of sp³-hybridized carbons (Fsp3) is 0.222. The number of nitrogens with zero attached hydrogens (tertiary/aromatic N) is 5. The van der Waals surface area contributed by atoms with Crippen molar-refractivity contribution in [3.63, 3.8) is 0 Å². The first-order chi connectivity index (χ1) is 18.1. The molecule has 0 aliphatic heterocycles. The van der Waals surface area contributed by atoms with E-state index >= 15 is 0 Å². The van der Waals surface area contributed by atoms with Crippen LogP contribution in [0.1, 0.15) is 13.8 Å². The first-order valence-electron chi connectivity index (χ1n) is 11.8. The van der Waals surface area contributed by atoms with Crippen LogP contribution in [0.5, 0.6) is 0 Å². The molecule has 0 atom stereocenters. The monoisotopic (exact) mass is 553 g/mol. The molecule has 0 aliphatic carbocycles. The van der Waals surface area contributed by atoms with Gasteiger partial charge >= 0.3 is 0 Å². The van der Waals surface area contributed by atoms with Gasteiger partial charge in [0.25, 0.3) is 0 Å². The van der Waals surface area contributed by atoms with Crippen LogP contribution < -0.4 is 4.90 Å². The van der Waals surface area contributed by atoms with Gasteiger partial charge in [0.05, 0.1) is 10.6 Å². The van der Waals surface area contributed by atoms with E-state index in [1.807, 2.05) is 44.2 Å². The van der Waals surface area contributed by atoms with Gasteiger partial charge in [-0.2, -0.15) is 0 Å². The lowest BCUT2D eigenvalue weighted by Crippen LogP contribution is -2.38. The molecule has 38 heavy (non-hydrogen) atoms. The summed E-state index contributed by atoms with van der Waals surface area (Å²) in [6, 6.07) is 21.6. The van der Waals surface area contributed by atoms with E-state index in [9.17, 15) is 17.6 Å². The van der Waals surface area contributed by atoms with Gasteiger partial charge in [-0.1, -0.05) is 42.1 Å². The zero-order valence-corrected chi connectivity index (χ0v) is 23.1. The molecular weight excluding hydrogens is 525 g/mol. The van der Waals surface area contributed by atoms with E-state index in [2.05, 4.69) is 10.2 Å². The molecule has 0 spiro atoms. The van der Waals surface area contributed by atoms with Crippen molar-refractivity contribution >= 4 is 33.4 Å². The summed E-state index contributed by atoms with van der Waals surface area (Å²) in [7, 11) is -0.752. The molecule has 0 aliphatic rings. The molecular formula is C27H28FN5O3S2. The van der Waals surface area contributed by atoms with Crippen LogP contribution in [-0.2, 0) is 14.8 Å². The number of benzene rings is 3. The second-order valence-electron chi connectivity index (χ2n) is 8.91. The van der Waals surface area contributed by atoms with E-state index in [1.54, 1.807) is 33.7 Å². The molecule has 4 aromatic rings. The second-order valence-corrected chi connectivity index (χ2v) is 12.0. The number of amides is 1. The Labute approximate surface area is 226 Å². The van der Waals surface area contributed by atoms with Crippen LogP contribution in [0.2, 0.25) is 0 Å². The van der Waals surface area contributed by atoms with Crippen molar-refractivity contribution in [3.05, 3.63) is 84.7 Å². The molecule has 11 heteroatoms. The average molecular weight is 554 g/mol. The van der Waals surface area contributed by atoms with Gasteiger partial charge in [0, 0.05) is 37.1 Å². The highest BCUT2D eigenvalue weighted by Gasteiger charge is 2.23. The van der Waals surface area contributed by atoms with E-state index in [0.717, 1.165) is 9.99 Å². The topological polar surface area (TPSA) is 88.4 Å². The number of aromatic nitrogens is 3. The van der Waals surface area contributed by atoms with Crippen LogP contribution in [0.4, 0.5) is 10.1 Å². The number of hydrogen-bond donors (Lipinski definition) is 0. The molecule has 1 aromatic heterocycles. The summed E-state index contributed by atoms with van der Waals surface area (Å²) < 4.78 is 42.0. The number of para-hydroxylation sites is 1. The van der Waals surface area contributed by atoms with E-state index in [0.29, 0.717) is 22.2 Å². The Balaban J connectivity index is 1.72. The number of carbonyl (C=O) groups is 1. The fourth-order valence-electron chi connectivity index (χ4n) is 3.89. The van der Waals surface area contributed by atoms with Gasteiger partial charge in [-0.3, -0.25) is 9.36 Å². The number of thioether (sulfide) groups is 1. The molecule has 4 rings (SSSR count). The van der Waals surface area contributed by atoms with Crippen molar-refractivity contribution in [2.75, 3.05) is 24.7 Å². The highest BCUT2D eigenvalue weighted by atomic mass is 32.2. The van der Waals surface area contributed by atoms with Crippen molar-refractivity contribution in [3.8, 4) is 17.1 Å². The summed E-state index contributed by atoms with van der Waals surface area (Å²) in [6.45, 7) is 3.90. The van der Waals surface area contributed by atoms with Crippen molar-refractivity contribution in [1.29, 1.82) is 0 Å². The summed E-state index contributed by atoms with van der Waals surface area (Å²) >= 11 is 1.20. The summed E-state index contributed by atoms with van der Waals surface area (Å²) in [5.74, 6) is -0.0552. The number of rotatable bonds is 9. The second kappa shape index (κ2) is 11.5. The maximum Gasteiger partial charge on any atom is 0.242 e. The van der Waals surface area contributed by atoms with Crippen LogP contribution in [0.15, 0.2) is 88.9 Å². The van der Waals surface area contributed by atoms with Gasteiger partial charge in [0.1, 0.15) is 5.82 Å². The van der Waals surface area contributed by atoms with Gasteiger partial charge < -0.3 is 4.90 Å². The van der Waals surface area contributed by atoms with Crippen molar-refractivity contribution < 1.29 is 17.6 Å². The SMILES string of the molecule is CC(C)N(C(=O)CSc1nnc(-c2cccc(S(=O)(=O)N(C)C)c2)n1-c1ccc(F)cc1)c1ccccc1. The maximum atomic E-state index is 13.7. The summed E-state index contributed by atoms with van der Waals surface area (Å²) in [4.78, 5) is 15.1. The lowest BCUT2D eigenvalue weighted by Gasteiger charge is -2.26. The van der Waals surface area contributed by atoms with Crippen LogP contribution >= 0.6 is 11.8 Å². The van der Waals surface area contributed by atoms with Crippen LogP contribution in [0, 0.1) is 5.82 Å². The van der Waals surface area contributed by atoms with E-state index in [4.69, 9.17) is 0 Å². The normalized spacial score (nSPS) is 11.8. The minimum atomic E-state index is -3.68. The lowest BCUT2D eigenvalue weighted by atomic mass is 10.2. The van der Waals surface area contributed by atoms with E-state index in [-0.39, 0.29) is 22.6 Å². The molecule has 0 unspecified atom stereocenters. The minimum absolute atomic E-state index is 0.0579. The Bertz CT molecular complexity index is 1520. The molecule has 0 radical (unpaired) electrons. The van der Waals surface area contributed by atoms with Crippen LogP contribution in [0.25, 0.3) is 17.1 Å². The third kappa shape index (κ3) is 5.79. The molecule has 8 nitrogen and oxygen atoms in total. The maximum absolute atomic E-state index is 13.7. The first kappa shape index (κ1) is 27.5. The fourth-order valence-corrected chi connectivity index (χ4v) is 5.65. The van der Waals surface area contributed by atoms with Crippen molar-refractivity contribution in [2.24, 2.45) is 0 Å². The van der Waals surface area contributed by atoms with Crippen molar-refractivity contribution in [1.82, 2.24) is 19.1 Å². The molecule has 1 heterocycles. The highest BCUT2D eigenvalue weighted by molar-refractivity contribution is 7.99. The Morgan fingerprint density at radius 3 is 2.29 bits per heavy atom. The average Bonchev–Trinajstić information content (AvgIpc) is 3.32. The molecule has 0 fully saturated rings. The third-order valence-corrected chi connectivity index (χ3v) is 8.46. The zero-order chi connectivity index (χ0) is 27.4. The Morgan fingerprint density at radius 1 is 0.974 bits per heavy atom. The van der Waals surface area contributed by atoms with Crippen LogP contribution in [0.3, 0.4) is 0 Å². The van der Waals surface area contributed by atoms with Crippen molar-refractivity contribution in [2.45, 2.75) is 29.9 Å².